The van der Waals surface area contributed by atoms with E-state index in [1.807, 2.05) is 0 Å². The average molecular weight is 193 g/mol. The molecular weight excluding hydrogens is 174 g/mol. The van der Waals surface area contributed by atoms with Gasteiger partial charge in [0.05, 0.1) is 26.9 Å². The van der Waals surface area contributed by atoms with Crippen molar-refractivity contribution in [1.29, 1.82) is 0 Å². The molecule has 0 aliphatic rings. The predicted octanol–water partition coefficient (Wildman–Crippen LogP) is -0.342. The Morgan fingerprint density at radius 2 is 1.62 bits per heavy atom. The van der Waals surface area contributed by atoms with Crippen LogP contribution in [0.25, 0.3) is 0 Å². The lowest BCUT2D eigenvalue weighted by atomic mass is 10.7. The topological polar surface area (TPSA) is 56.8 Å². The Morgan fingerprint density at radius 1 is 1.15 bits per heavy atom. The number of likely N-dealkylation sites (N-methyl/N-ethyl adjacent to an activating group) is 1. The van der Waals surface area contributed by atoms with Crippen molar-refractivity contribution < 1.29 is 19.0 Å². The summed E-state index contributed by atoms with van der Waals surface area (Å²) in [6.45, 7) is 1.67. The fourth-order valence-corrected chi connectivity index (χ4v) is 0.383. The van der Waals surface area contributed by atoms with E-state index in [0.29, 0.717) is 13.2 Å². The molecule has 0 fully saturated rings. The van der Waals surface area contributed by atoms with E-state index in [0.717, 1.165) is 0 Å². The van der Waals surface area contributed by atoms with E-state index in [1.165, 1.54) is 7.11 Å². The molecule has 80 valence electrons. The molecule has 0 saturated carbocycles. The number of rotatable bonds is 5. The molecule has 0 bridgehead atoms. The second-order valence-corrected chi connectivity index (χ2v) is 2.09. The quantitative estimate of drug-likeness (QED) is 0.478. The van der Waals surface area contributed by atoms with Crippen molar-refractivity contribution in [1.82, 2.24) is 5.32 Å². The second kappa shape index (κ2) is 13.9. The molecule has 0 atom stereocenters. The molecule has 0 aromatic rings. The monoisotopic (exact) mass is 193 g/mol. The fourth-order valence-electron chi connectivity index (χ4n) is 0.383. The minimum atomic E-state index is -0.234. The third-order valence-corrected chi connectivity index (χ3v) is 1.04. The van der Waals surface area contributed by atoms with Crippen LogP contribution in [-0.4, -0.2) is 54.1 Å². The van der Waals surface area contributed by atoms with Gasteiger partial charge in [0.1, 0.15) is 0 Å². The molecular formula is C8H19NO4. The Kier molecular flexibility index (Phi) is 15.9. The van der Waals surface area contributed by atoms with Gasteiger partial charge in [-0.3, -0.25) is 4.79 Å². The summed E-state index contributed by atoms with van der Waals surface area (Å²) >= 11 is 0. The van der Waals surface area contributed by atoms with Gasteiger partial charge in [0.25, 0.3) is 0 Å². The van der Waals surface area contributed by atoms with Crippen LogP contribution >= 0.6 is 0 Å². The van der Waals surface area contributed by atoms with Crippen molar-refractivity contribution in [2.75, 3.05) is 48.1 Å². The van der Waals surface area contributed by atoms with Gasteiger partial charge in [-0.2, -0.15) is 0 Å². The number of ether oxygens (including phenoxy) is 3. The van der Waals surface area contributed by atoms with Crippen LogP contribution in [0.4, 0.5) is 0 Å². The highest BCUT2D eigenvalue weighted by atomic mass is 16.5. The van der Waals surface area contributed by atoms with Crippen LogP contribution in [-0.2, 0) is 19.0 Å². The smallest absolute Gasteiger partial charge is 0.319 e. The largest absolute Gasteiger partial charge is 0.468 e. The van der Waals surface area contributed by atoms with E-state index in [9.17, 15) is 4.79 Å². The summed E-state index contributed by atoms with van der Waals surface area (Å²) in [5.74, 6) is -0.234. The first-order chi connectivity index (χ1) is 6.22. The van der Waals surface area contributed by atoms with Gasteiger partial charge in [-0.25, -0.2) is 0 Å². The predicted molar refractivity (Wildman–Crippen MR) is 49.7 cm³/mol. The number of hydrogen-bond donors (Lipinski definition) is 1. The van der Waals surface area contributed by atoms with Crippen molar-refractivity contribution in [3.63, 3.8) is 0 Å². The number of nitrogens with one attached hydrogen (secondary N) is 1. The fraction of sp³-hybridized carbons (Fsp3) is 0.875. The van der Waals surface area contributed by atoms with Crippen molar-refractivity contribution in [3.05, 3.63) is 0 Å². The van der Waals surface area contributed by atoms with Crippen LogP contribution in [0.2, 0.25) is 0 Å². The zero-order chi connectivity index (χ0) is 10.5. The summed E-state index contributed by atoms with van der Waals surface area (Å²) in [5, 5.41) is 2.64. The highest BCUT2D eigenvalue weighted by Gasteiger charge is 1.91. The maximum absolute atomic E-state index is 10.1. The van der Waals surface area contributed by atoms with Crippen LogP contribution in [0.5, 0.6) is 0 Å². The maximum Gasteiger partial charge on any atom is 0.319 e. The standard InChI is InChI=1S/C4H9NO2.C4H10O2/c1-5-3-4(6)7-2;1-5-3-4-6-2/h5H,3H2,1-2H3;3-4H2,1-2H3. The average Bonchev–Trinajstić information content (AvgIpc) is 2.16. The lowest BCUT2D eigenvalue weighted by Gasteiger charge is -1.93. The maximum atomic E-state index is 10.1. The zero-order valence-electron chi connectivity index (χ0n) is 8.75. The van der Waals surface area contributed by atoms with Crippen LogP contribution in [0, 0.1) is 0 Å². The molecule has 0 rings (SSSR count). The SMILES string of the molecule is CNCC(=O)OC.COCCOC. The summed E-state index contributed by atoms with van der Waals surface area (Å²) in [6.07, 6.45) is 0. The van der Waals surface area contributed by atoms with E-state index < -0.39 is 0 Å². The molecule has 0 spiro atoms. The molecule has 0 unspecified atom stereocenters. The normalized spacial score (nSPS) is 8.62. The Hall–Kier alpha value is -0.650. The molecule has 0 heterocycles. The van der Waals surface area contributed by atoms with Crippen molar-refractivity contribution >= 4 is 5.97 Å². The first-order valence-electron chi connectivity index (χ1n) is 3.92. The van der Waals surface area contributed by atoms with Gasteiger partial charge >= 0.3 is 5.97 Å². The Bertz CT molecular complexity index is 104. The van der Waals surface area contributed by atoms with Gasteiger partial charge in [0, 0.05) is 14.2 Å². The first kappa shape index (κ1) is 14.9. The van der Waals surface area contributed by atoms with Crippen LogP contribution in [0.15, 0.2) is 0 Å². The molecule has 0 aromatic heterocycles. The zero-order valence-corrected chi connectivity index (χ0v) is 8.75. The van der Waals surface area contributed by atoms with E-state index in [-0.39, 0.29) is 12.5 Å². The van der Waals surface area contributed by atoms with Crippen molar-refractivity contribution in [3.8, 4) is 0 Å². The van der Waals surface area contributed by atoms with Gasteiger partial charge < -0.3 is 19.5 Å². The summed E-state index contributed by atoms with van der Waals surface area (Å²) in [6, 6.07) is 0. The van der Waals surface area contributed by atoms with E-state index in [2.05, 4.69) is 19.5 Å². The van der Waals surface area contributed by atoms with Crippen LogP contribution < -0.4 is 5.32 Å². The lowest BCUT2D eigenvalue weighted by molar-refractivity contribution is -0.139. The van der Waals surface area contributed by atoms with Gasteiger partial charge in [-0.05, 0) is 7.05 Å². The highest BCUT2D eigenvalue weighted by Crippen LogP contribution is 1.65. The molecule has 5 nitrogen and oxygen atoms in total. The second-order valence-electron chi connectivity index (χ2n) is 2.09. The minimum Gasteiger partial charge on any atom is -0.468 e. The molecule has 5 heteroatoms. The third-order valence-electron chi connectivity index (χ3n) is 1.04. The molecule has 0 amide bonds. The van der Waals surface area contributed by atoms with Crippen LogP contribution in [0.1, 0.15) is 0 Å². The van der Waals surface area contributed by atoms with Gasteiger partial charge in [-0.1, -0.05) is 0 Å². The Labute approximate surface area is 79.4 Å². The molecule has 0 aliphatic heterocycles. The number of esters is 1. The molecule has 1 N–H and O–H groups in total. The third kappa shape index (κ3) is 18.4. The van der Waals surface area contributed by atoms with Gasteiger partial charge in [0.15, 0.2) is 0 Å². The van der Waals surface area contributed by atoms with E-state index in [4.69, 9.17) is 0 Å². The highest BCUT2D eigenvalue weighted by molar-refractivity contribution is 5.71. The summed E-state index contributed by atoms with van der Waals surface area (Å²) in [7, 11) is 6.36. The van der Waals surface area contributed by atoms with E-state index >= 15 is 0 Å². The molecule has 0 saturated heterocycles. The van der Waals surface area contributed by atoms with Crippen molar-refractivity contribution in [2.45, 2.75) is 0 Å². The number of carbonyl (C=O) groups excluding carboxylic acids is 1. The van der Waals surface area contributed by atoms with Gasteiger partial charge in [0.2, 0.25) is 0 Å². The first-order valence-corrected chi connectivity index (χ1v) is 3.92. The minimum absolute atomic E-state index is 0.234. The Balaban J connectivity index is 0. The Morgan fingerprint density at radius 3 is 1.77 bits per heavy atom. The summed E-state index contributed by atoms with van der Waals surface area (Å²) < 4.78 is 13.6. The lowest BCUT2D eigenvalue weighted by Crippen LogP contribution is -2.19. The number of hydrogen-bond acceptors (Lipinski definition) is 5. The summed E-state index contributed by atoms with van der Waals surface area (Å²) in [5.41, 5.74) is 0. The van der Waals surface area contributed by atoms with Crippen LogP contribution in [0.3, 0.4) is 0 Å². The number of methoxy groups -OCH3 is 3. The van der Waals surface area contributed by atoms with E-state index in [1.54, 1.807) is 21.3 Å². The molecule has 0 aromatic carbocycles. The molecule has 0 radical (unpaired) electrons. The molecule has 13 heavy (non-hydrogen) atoms. The summed E-state index contributed by atoms with van der Waals surface area (Å²) in [4.78, 5) is 10.1. The number of carbonyl (C=O) groups is 1. The van der Waals surface area contributed by atoms with Crippen molar-refractivity contribution in [2.24, 2.45) is 0 Å². The molecule has 0 aliphatic carbocycles. The van der Waals surface area contributed by atoms with Gasteiger partial charge in [-0.15, -0.1) is 0 Å².